The van der Waals surface area contributed by atoms with Crippen molar-refractivity contribution in [1.29, 1.82) is 0 Å². The number of hydrogen-bond donors (Lipinski definition) is 1. The molecule has 1 N–H and O–H groups in total. The summed E-state index contributed by atoms with van der Waals surface area (Å²) in [6.07, 6.45) is 6.09. The van der Waals surface area contributed by atoms with Gasteiger partial charge in [-0.3, -0.25) is 4.79 Å². The average Bonchev–Trinajstić information content (AvgIpc) is 3.44. The molecule has 1 saturated carbocycles. The molecule has 0 aliphatic heterocycles. The van der Waals surface area contributed by atoms with Gasteiger partial charge in [-0.1, -0.05) is 17.7 Å². The van der Waals surface area contributed by atoms with Crippen molar-refractivity contribution in [3.63, 3.8) is 0 Å². The van der Waals surface area contributed by atoms with Crippen molar-refractivity contribution in [3.05, 3.63) is 75.9 Å². The van der Waals surface area contributed by atoms with Crippen LogP contribution in [-0.4, -0.2) is 26.7 Å². The number of carbonyl (C=O) groups excluding carboxylic acids is 1. The number of sulfone groups is 1. The molecule has 1 heterocycles. The third kappa shape index (κ3) is 6.58. The number of hydrogen-bond acceptors (Lipinski definition) is 5. The first-order chi connectivity index (χ1) is 18.3. The quantitative estimate of drug-likeness (QED) is 0.284. The molecule has 2 aliphatic carbocycles. The molecular formula is C29H31ClFNO4S2. The Hall–Kier alpha value is -2.42. The highest BCUT2D eigenvalue weighted by molar-refractivity contribution is 7.93. The first-order valence-corrected chi connectivity index (χ1v) is 15.9. The van der Waals surface area contributed by atoms with Gasteiger partial charge in [-0.2, -0.15) is 0 Å². The van der Waals surface area contributed by atoms with Gasteiger partial charge in [0.05, 0.1) is 23.1 Å². The summed E-state index contributed by atoms with van der Waals surface area (Å²) in [5.74, 6) is 1.86. The van der Waals surface area contributed by atoms with Gasteiger partial charge in [0.2, 0.25) is 5.91 Å². The zero-order valence-corrected chi connectivity index (χ0v) is 23.4. The average molecular weight is 576 g/mol. The zero-order valence-electron chi connectivity index (χ0n) is 21.0. The molecule has 9 heteroatoms. The summed E-state index contributed by atoms with van der Waals surface area (Å²) in [4.78, 5) is 12.5. The van der Waals surface area contributed by atoms with E-state index in [0.717, 1.165) is 36.3 Å². The van der Waals surface area contributed by atoms with Crippen molar-refractivity contribution in [2.45, 2.75) is 49.2 Å². The van der Waals surface area contributed by atoms with Crippen LogP contribution in [0.1, 0.15) is 43.2 Å². The fourth-order valence-electron chi connectivity index (χ4n) is 5.97. The number of benzene rings is 2. The Morgan fingerprint density at radius 1 is 1.03 bits per heavy atom. The van der Waals surface area contributed by atoms with Crippen LogP contribution in [0.25, 0.3) is 0 Å². The van der Waals surface area contributed by atoms with Crippen LogP contribution in [0.5, 0.6) is 5.75 Å². The maximum atomic E-state index is 13.0. The van der Waals surface area contributed by atoms with Gasteiger partial charge in [0.15, 0.2) is 9.84 Å². The molecule has 5 nitrogen and oxygen atoms in total. The third-order valence-electron chi connectivity index (χ3n) is 7.79. The van der Waals surface area contributed by atoms with Crippen LogP contribution in [0.3, 0.4) is 0 Å². The topological polar surface area (TPSA) is 72.5 Å². The molecular weight excluding hydrogens is 545 g/mol. The van der Waals surface area contributed by atoms with E-state index in [1.54, 1.807) is 24.3 Å². The van der Waals surface area contributed by atoms with E-state index in [1.807, 2.05) is 6.07 Å². The number of fused-ring (bicyclic) bond motifs is 3. The minimum atomic E-state index is -3.29. The number of carbonyl (C=O) groups is 1. The lowest BCUT2D eigenvalue weighted by Crippen LogP contribution is -2.17. The van der Waals surface area contributed by atoms with E-state index in [1.165, 1.54) is 36.1 Å². The molecule has 1 amide bonds. The number of amides is 1. The number of anilines is 1. The summed E-state index contributed by atoms with van der Waals surface area (Å²) in [6.45, 7) is 0.211. The van der Waals surface area contributed by atoms with Gasteiger partial charge in [-0.25, -0.2) is 12.8 Å². The summed E-state index contributed by atoms with van der Waals surface area (Å²) in [7, 11) is -3.29. The van der Waals surface area contributed by atoms with Gasteiger partial charge < -0.3 is 10.1 Å². The molecule has 1 fully saturated rings. The molecule has 2 aromatic carbocycles. The Kier molecular flexibility index (Phi) is 8.41. The van der Waals surface area contributed by atoms with Crippen LogP contribution >= 0.6 is 22.9 Å². The molecule has 5 rings (SSSR count). The van der Waals surface area contributed by atoms with Gasteiger partial charge in [-0.15, -0.1) is 11.3 Å². The fraction of sp³-hybridized carbons (Fsp3) is 0.414. The number of rotatable bonds is 10. The lowest BCUT2D eigenvalue weighted by molar-refractivity contribution is -0.116. The fourth-order valence-corrected chi connectivity index (χ4v) is 8.93. The number of thiophene rings is 1. The first kappa shape index (κ1) is 27.2. The van der Waals surface area contributed by atoms with Crippen LogP contribution < -0.4 is 10.1 Å². The van der Waals surface area contributed by atoms with Gasteiger partial charge in [0, 0.05) is 5.69 Å². The Morgan fingerprint density at radius 3 is 2.47 bits per heavy atom. The second-order valence-electron chi connectivity index (χ2n) is 10.3. The minimum absolute atomic E-state index is 0.131. The lowest BCUT2D eigenvalue weighted by Gasteiger charge is -2.22. The SMILES string of the molecule is O=C(CCOc1ccc(F)cc1)Nc1ccc2c(c1)CC1CCC(C2)C1CCCS(=O)(=O)c1ccc(Cl)s1. The standard InChI is InChI=1S/C29H31ClFNO4S2/c30-27-11-12-29(37-27)38(34,35)15-1-2-26-20-3-4-21(26)17-22-18-24(8-5-19(22)16-20)32-28(33)13-14-36-25-9-6-23(31)7-10-25/h5-12,18,20-21,26H,1-4,13-17H2,(H,32,33). The van der Waals surface area contributed by atoms with Crippen molar-refractivity contribution in [2.24, 2.45) is 17.8 Å². The number of halogens is 2. The van der Waals surface area contributed by atoms with Crippen molar-refractivity contribution in [1.82, 2.24) is 0 Å². The second kappa shape index (κ2) is 11.8. The van der Waals surface area contributed by atoms with Crippen molar-refractivity contribution < 1.29 is 22.3 Å². The van der Waals surface area contributed by atoms with E-state index in [0.29, 0.717) is 38.5 Å². The maximum Gasteiger partial charge on any atom is 0.227 e. The van der Waals surface area contributed by atoms with Gasteiger partial charge in [0.1, 0.15) is 15.8 Å². The molecule has 3 atom stereocenters. The molecule has 2 aliphatic rings. The second-order valence-corrected chi connectivity index (χ2v) is 14.3. The highest BCUT2D eigenvalue weighted by Gasteiger charge is 2.38. The lowest BCUT2D eigenvalue weighted by atomic mass is 9.84. The molecule has 202 valence electrons. The van der Waals surface area contributed by atoms with Crippen LogP contribution in [0.2, 0.25) is 4.34 Å². The molecule has 3 aromatic rings. The van der Waals surface area contributed by atoms with E-state index in [4.69, 9.17) is 16.3 Å². The van der Waals surface area contributed by atoms with E-state index in [-0.39, 0.29) is 30.5 Å². The Bertz CT molecular complexity index is 1390. The van der Waals surface area contributed by atoms with E-state index < -0.39 is 9.84 Å². The molecule has 3 unspecified atom stereocenters. The van der Waals surface area contributed by atoms with Gasteiger partial charge >= 0.3 is 0 Å². The van der Waals surface area contributed by atoms with Crippen molar-refractivity contribution in [3.8, 4) is 5.75 Å². The summed E-state index contributed by atoms with van der Waals surface area (Å²) >= 11 is 7.06. The highest BCUT2D eigenvalue weighted by Crippen LogP contribution is 2.47. The van der Waals surface area contributed by atoms with Crippen LogP contribution in [0, 0.1) is 23.6 Å². The van der Waals surface area contributed by atoms with Crippen LogP contribution in [0.15, 0.2) is 58.8 Å². The van der Waals surface area contributed by atoms with Crippen molar-refractivity contribution >= 4 is 44.4 Å². The Morgan fingerprint density at radius 2 is 1.76 bits per heavy atom. The molecule has 0 spiro atoms. The smallest absolute Gasteiger partial charge is 0.227 e. The summed E-state index contributed by atoms with van der Waals surface area (Å²) in [5.41, 5.74) is 3.40. The molecule has 38 heavy (non-hydrogen) atoms. The minimum Gasteiger partial charge on any atom is -0.493 e. The van der Waals surface area contributed by atoms with Gasteiger partial charge in [0.25, 0.3) is 0 Å². The molecule has 2 bridgehead atoms. The predicted molar refractivity (Wildman–Crippen MR) is 149 cm³/mol. The summed E-state index contributed by atoms with van der Waals surface area (Å²) in [6, 6.07) is 15.2. The largest absolute Gasteiger partial charge is 0.493 e. The summed E-state index contributed by atoms with van der Waals surface area (Å²) < 4.78 is 44.8. The van der Waals surface area contributed by atoms with Crippen LogP contribution in [0.4, 0.5) is 10.1 Å². The number of ether oxygens (including phenoxy) is 1. The number of nitrogens with one attached hydrogen (secondary N) is 1. The Labute approximate surface area is 232 Å². The Balaban J connectivity index is 1.14. The van der Waals surface area contributed by atoms with E-state index in [2.05, 4.69) is 17.4 Å². The predicted octanol–water partition coefficient (Wildman–Crippen LogP) is 6.94. The normalized spacial score (nSPS) is 20.5. The van der Waals surface area contributed by atoms with Crippen molar-refractivity contribution in [2.75, 3.05) is 17.7 Å². The zero-order chi connectivity index (χ0) is 26.7. The molecule has 0 saturated heterocycles. The molecule has 1 aromatic heterocycles. The van der Waals surface area contributed by atoms with E-state index >= 15 is 0 Å². The third-order valence-corrected chi connectivity index (χ3v) is 11.4. The summed E-state index contributed by atoms with van der Waals surface area (Å²) in [5, 5.41) is 2.98. The monoisotopic (exact) mass is 575 g/mol. The van der Waals surface area contributed by atoms with E-state index in [9.17, 15) is 17.6 Å². The van der Waals surface area contributed by atoms with Crippen LogP contribution in [-0.2, 0) is 27.5 Å². The first-order valence-electron chi connectivity index (χ1n) is 13.0. The van der Waals surface area contributed by atoms with Gasteiger partial charge in [-0.05, 0) is 116 Å². The maximum absolute atomic E-state index is 13.0. The highest BCUT2D eigenvalue weighted by atomic mass is 35.5. The molecule has 0 radical (unpaired) electrons.